The van der Waals surface area contributed by atoms with E-state index in [2.05, 4.69) is 4.99 Å². The number of para-hydroxylation sites is 1. The Morgan fingerprint density at radius 2 is 1.72 bits per heavy atom. The van der Waals surface area contributed by atoms with Crippen molar-refractivity contribution in [2.75, 3.05) is 14.2 Å². The third-order valence-corrected chi connectivity index (χ3v) is 4.77. The Morgan fingerprint density at radius 1 is 1.00 bits per heavy atom. The molecule has 0 spiro atoms. The Balaban J connectivity index is 1.83. The average molecular weight is 433 g/mol. The molecule has 0 aliphatic carbocycles. The Labute approximate surface area is 185 Å². The highest BCUT2D eigenvalue weighted by atomic mass is 16.5. The van der Waals surface area contributed by atoms with E-state index in [0.29, 0.717) is 28.3 Å². The van der Waals surface area contributed by atoms with Crippen LogP contribution < -0.4 is 9.47 Å². The third-order valence-electron chi connectivity index (χ3n) is 4.77. The summed E-state index contributed by atoms with van der Waals surface area (Å²) in [6.07, 6.45) is 1.67. The molecule has 0 atom stereocenters. The molecule has 3 aromatic rings. The summed E-state index contributed by atoms with van der Waals surface area (Å²) < 4.78 is 16.2. The highest BCUT2D eigenvalue weighted by Crippen LogP contribution is 2.31. The molecular formula is C25H23NO6. The molecule has 7 heteroatoms. The zero-order valence-corrected chi connectivity index (χ0v) is 18.0. The van der Waals surface area contributed by atoms with E-state index in [-0.39, 0.29) is 12.2 Å². The first-order valence-electron chi connectivity index (χ1n) is 9.78. The monoisotopic (exact) mass is 433 g/mol. The largest absolute Gasteiger partial charge is 0.493 e. The van der Waals surface area contributed by atoms with Crippen LogP contribution in [-0.4, -0.2) is 37.5 Å². The van der Waals surface area contributed by atoms with Gasteiger partial charge < -0.3 is 19.3 Å². The second-order valence-corrected chi connectivity index (χ2v) is 6.92. The minimum atomic E-state index is -0.976. The molecule has 3 aromatic carbocycles. The number of hydrogen-bond donors (Lipinski definition) is 1. The highest BCUT2D eigenvalue weighted by Gasteiger charge is 2.11. The molecule has 3 rings (SSSR count). The normalized spacial score (nSPS) is 10.7. The number of carbonyl (C=O) groups is 2. The fourth-order valence-electron chi connectivity index (χ4n) is 3.03. The Hall–Kier alpha value is -4.13. The van der Waals surface area contributed by atoms with Gasteiger partial charge in [-0.05, 0) is 60.5 Å². The van der Waals surface area contributed by atoms with Crippen molar-refractivity contribution in [2.24, 2.45) is 4.99 Å². The molecule has 0 aromatic heterocycles. The minimum absolute atomic E-state index is 0.215. The molecule has 32 heavy (non-hydrogen) atoms. The summed E-state index contributed by atoms with van der Waals surface area (Å²) in [4.78, 5) is 27.3. The van der Waals surface area contributed by atoms with Crippen LogP contribution in [0.1, 0.15) is 37.4 Å². The summed E-state index contributed by atoms with van der Waals surface area (Å²) in [6.45, 7) is 2.09. The van der Waals surface area contributed by atoms with Gasteiger partial charge in [0.25, 0.3) is 0 Å². The van der Waals surface area contributed by atoms with Crippen LogP contribution in [-0.2, 0) is 11.3 Å². The van der Waals surface area contributed by atoms with Gasteiger partial charge in [0.1, 0.15) is 6.61 Å². The van der Waals surface area contributed by atoms with Crippen molar-refractivity contribution in [1.29, 1.82) is 0 Å². The number of rotatable bonds is 8. The van der Waals surface area contributed by atoms with E-state index in [1.165, 1.54) is 19.2 Å². The van der Waals surface area contributed by atoms with Gasteiger partial charge in [-0.15, -0.1) is 0 Å². The molecule has 0 saturated carbocycles. The number of methoxy groups -OCH3 is 2. The summed E-state index contributed by atoms with van der Waals surface area (Å²) >= 11 is 0. The van der Waals surface area contributed by atoms with Crippen molar-refractivity contribution in [1.82, 2.24) is 0 Å². The Kier molecular flexibility index (Phi) is 7.23. The number of esters is 1. The topological polar surface area (TPSA) is 94.4 Å². The first-order valence-corrected chi connectivity index (χ1v) is 9.78. The lowest BCUT2D eigenvalue weighted by atomic mass is 10.1. The molecule has 0 saturated heterocycles. The van der Waals surface area contributed by atoms with Crippen LogP contribution in [0.25, 0.3) is 0 Å². The second-order valence-electron chi connectivity index (χ2n) is 6.92. The maximum absolute atomic E-state index is 11.7. The molecule has 0 bridgehead atoms. The zero-order valence-electron chi connectivity index (χ0n) is 18.0. The van der Waals surface area contributed by atoms with E-state index in [9.17, 15) is 9.59 Å². The summed E-state index contributed by atoms with van der Waals surface area (Å²) in [5.74, 6) is -0.308. The van der Waals surface area contributed by atoms with E-state index in [0.717, 1.165) is 11.1 Å². The van der Waals surface area contributed by atoms with Gasteiger partial charge in [0.05, 0.1) is 31.0 Å². The van der Waals surface area contributed by atoms with Gasteiger partial charge in [0.15, 0.2) is 11.5 Å². The number of hydrogen-bond acceptors (Lipinski definition) is 6. The average Bonchev–Trinajstić information content (AvgIpc) is 2.81. The number of aliphatic imine (C=N–C) groups is 1. The van der Waals surface area contributed by atoms with Crippen LogP contribution >= 0.6 is 0 Å². The van der Waals surface area contributed by atoms with Gasteiger partial charge in [0, 0.05) is 11.8 Å². The smallest absolute Gasteiger partial charge is 0.337 e. The number of carboxylic acid groups (broad SMARTS) is 1. The first kappa shape index (κ1) is 22.6. The molecule has 0 fully saturated rings. The van der Waals surface area contributed by atoms with E-state index in [1.807, 2.05) is 19.1 Å². The second kappa shape index (κ2) is 10.3. The molecule has 164 valence electrons. The number of nitrogens with zero attached hydrogens (tertiary/aromatic N) is 1. The molecule has 1 N–H and O–H groups in total. The number of ether oxygens (including phenoxy) is 3. The molecule has 0 unspecified atom stereocenters. The van der Waals surface area contributed by atoms with Gasteiger partial charge >= 0.3 is 11.9 Å². The fraction of sp³-hybridized carbons (Fsp3) is 0.160. The van der Waals surface area contributed by atoms with Gasteiger partial charge in [-0.2, -0.15) is 0 Å². The number of benzene rings is 3. The summed E-state index contributed by atoms with van der Waals surface area (Å²) in [5.41, 5.74) is 3.74. The van der Waals surface area contributed by atoms with E-state index in [1.54, 1.807) is 49.7 Å². The number of carboxylic acids is 1. The van der Waals surface area contributed by atoms with Crippen LogP contribution in [0.4, 0.5) is 5.69 Å². The zero-order chi connectivity index (χ0) is 23.1. The lowest BCUT2D eigenvalue weighted by Crippen LogP contribution is -2.02. The number of aryl methyl sites for hydroxylation is 1. The first-order chi connectivity index (χ1) is 15.4. The van der Waals surface area contributed by atoms with Crippen molar-refractivity contribution in [3.05, 3.63) is 88.5 Å². The molecule has 0 aliphatic heterocycles. The predicted octanol–water partition coefficient (Wildman–Crippen LogP) is 4.82. The summed E-state index contributed by atoms with van der Waals surface area (Å²) in [7, 11) is 2.90. The van der Waals surface area contributed by atoms with Gasteiger partial charge in [-0.3, -0.25) is 4.99 Å². The maximum atomic E-state index is 11.7. The standard InChI is InChI=1S/C25H23NO6/c1-16-13-19(25(29)31-3)11-12-21(16)26-14-20-5-4-6-22(30-2)23(20)32-15-17-7-9-18(10-8-17)24(27)28/h4-14H,15H2,1-3H3,(H,27,28). The number of aromatic carboxylic acids is 1. The summed E-state index contributed by atoms with van der Waals surface area (Å²) in [5, 5.41) is 9.03. The molecule has 0 radical (unpaired) electrons. The summed E-state index contributed by atoms with van der Waals surface area (Å²) in [6, 6.07) is 17.1. The van der Waals surface area contributed by atoms with Crippen LogP contribution in [0.2, 0.25) is 0 Å². The van der Waals surface area contributed by atoms with Crippen molar-refractivity contribution in [2.45, 2.75) is 13.5 Å². The van der Waals surface area contributed by atoms with Crippen LogP contribution in [0, 0.1) is 6.92 Å². The van der Waals surface area contributed by atoms with Crippen LogP contribution in [0.3, 0.4) is 0 Å². The van der Waals surface area contributed by atoms with E-state index in [4.69, 9.17) is 19.3 Å². The SMILES string of the molecule is COC(=O)c1ccc(N=Cc2cccc(OC)c2OCc2ccc(C(=O)O)cc2)c(C)c1. The van der Waals surface area contributed by atoms with Crippen molar-refractivity contribution >= 4 is 23.8 Å². The van der Waals surface area contributed by atoms with Crippen LogP contribution in [0.5, 0.6) is 11.5 Å². The lowest BCUT2D eigenvalue weighted by molar-refractivity contribution is 0.0599. The van der Waals surface area contributed by atoms with Gasteiger partial charge in [-0.1, -0.05) is 18.2 Å². The molecule has 0 aliphatic rings. The predicted molar refractivity (Wildman–Crippen MR) is 120 cm³/mol. The maximum Gasteiger partial charge on any atom is 0.337 e. The number of carbonyl (C=O) groups excluding carboxylic acids is 1. The van der Waals surface area contributed by atoms with Gasteiger partial charge in [0.2, 0.25) is 0 Å². The highest BCUT2D eigenvalue weighted by molar-refractivity contribution is 5.91. The van der Waals surface area contributed by atoms with Crippen LogP contribution in [0.15, 0.2) is 65.7 Å². The Morgan fingerprint density at radius 3 is 2.34 bits per heavy atom. The van der Waals surface area contributed by atoms with Crippen molar-refractivity contribution in [3.63, 3.8) is 0 Å². The van der Waals surface area contributed by atoms with Gasteiger partial charge in [-0.25, -0.2) is 9.59 Å². The Bertz CT molecular complexity index is 1150. The molecular weight excluding hydrogens is 410 g/mol. The quantitative estimate of drug-likeness (QED) is 0.404. The molecule has 0 heterocycles. The third kappa shape index (κ3) is 5.31. The lowest BCUT2D eigenvalue weighted by Gasteiger charge is -2.13. The fourth-order valence-corrected chi connectivity index (χ4v) is 3.03. The molecule has 0 amide bonds. The molecule has 7 nitrogen and oxygen atoms in total. The minimum Gasteiger partial charge on any atom is -0.493 e. The van der Waals surface area contributed by atoms with Crippen molar-refractivity contribution < 1.29 is 28.9 Å². The van der Waals surface area contributed by atoms with E-state index >= 15 is 0 Å². The van der Waals surface area contributed by atoms with Crippen molar-refractivity contribution in [3.8, 4) is 11.5 Å². The van der Waals surface area contributed by atoms with E-state index < -0.39 is 11.9 Å².